The van der Waals surface area contributed by atoms with Crippen LogP contribution in [0.3, 0.4) is 0 Å². The molecule has 1 aromatic rings. The van der Waals surface area contributed by atoms with Gasteiger partial charge in [0.15, 0.2) is 0 Å². The Hall–Kier alpha value is -0.490. The Morgan fingerprint density at radius 3 is 2.67 bits per heavy atom. The zero-order valence-corrected chi connectivity index (χ0v) is 7.59. The van der Waals surface area contributed by atoms with E-state index in [1.54, 1.807) is 5.56 Å². The van der Waals surface area contributed by atoms with Gasteiger partial charge in [-0.1, -0.05) is 24.3 Å². The molecule has 0 amide bonds. The van der Waals surface area contributed by atoms with Crippen molar-refractivity contribution in [3.8, 4) is 0 Å². The molecule has 0 aromatic heterocycles. The van der Waals surface area contributed by atoms with E-state index >= 15 is 0 Å². The predicted octanol–water partition coefficient (Wildman–Crippen LogP) is 3.27. The first-order valence-electron chi connectivity index (χ1n) is 4.59. The fraction of sp³-hybridized carbons (Fsp3) is 0.455. The smallest absolute Gasteiger partial charge is 0.0410 e. The molecule has 0 heterocycles. The summed E-state index contributed by atoms with van der Waals surface area (Å²) in [5.74, 6) is 1.43. The summed E-state index contributed by atoms with van der Waals surface area (Å²) in [6.07, 6.45) is 2.50. The minimum absolute atomic E-state index is 0.407. The number of hydrogen-bond acceptors (Lipinski definition) is 0. The molecule has 0 aliphatic heterocycles. The highest BCUT2D eigenvalue weighted by molar-refractivity contribution is 6.21. The lowest BCUT2D eigenvalue weighted by Crippen LogP contribution is -2.09. The van der Waals surface area contributed by atoms with Gasteiger partial charge in [-0.05, 0) is 29.9 Å². The molecule has 0 nitrogen and oxygen atoms in total. The summed E-state index contributed by atoms with van der Waals surface area (Å²) in [5, 5.41) is 0.407. The minimum Gasteiger partial charge on any atom is -0.122 e. The van der Waals surface area contributed by atoms with Crippen LogP contribution in [0.25, 0.3) is 0 Å². The Bertz CT molecular complexity index is 319. The van der Waals surface area contributed by atoms with E-state index < -0.39 is 0 Å². The second-order valence-electron chi connectivity index (χ2n) is 3.92. The van der Waals surface area contributed by atoms with Crippen molar-refractivity contribution in [3.05, 3.63) is 35.4 Å². The Kier molecular flexibility index (Phi) is 1.31. The Morgan fingerprint density at radius 2 is 1.83 bits per heavy atom. The van der Waals surface area contributed by atoms with Gasteiger partial charge >= 0.3 is 0 Å². The highest BCUT2D eigenvalue weighted by Gasteiger charge is 2.42. The summed E-state index contributed by atoms with van der Waals surface area (Å²) >= 11 is 6.24. The normalized spacial score (nSPS) is 36.9. The van der Waals surface area contributed by atoms with Crippen LogP contribution in [0, 0.1) is 0 Å². The van der Waals surface area contributed by atoms with Crippen LogP contribution in [-0.2, 0) is 0 Å². The third kappa shape index (κ3) is 0.740. The van der Waals surface area contributed by atoms with Gasteiger partial charge in [-0.15, -0.1) is 11.6 Å². The summed E-state index contributed by atoms with van der Waals surface area (Å²) in [6, 6.07) is 8.78. The summed E-state index contributed by atoms with van der Waals surface area (Å²) in [5.41, 5.74) is 3.09. The fourth-order valence-corrected chi connectivity index (χ4v) is 3.24. The van der Waals surface area contributed by atoms with Crippen molar-refractivity contribution in [2.45, 2.75) is 30.1 Å². The molecule has 1 saturated carbocycles. The molecule has 2 aliphatic carbocycles. The first kappa shape index (κ1) is 6.97. The standard InChI is InChI=1S/C11H11Cl/c12-11-6-7-5-10(11)9-4-2-1-3-8(7)9/h1-4,7,10-11H,5-6H2. The van der Waals surface area contributed by atoms with E-state index in [1.807, 2.05) is 0 Å². The number of fused-ring (bicyclic) bond motifs is 5. The lowest BCUT2D eigenvalue weighted by molar-refractivity contribution is 0.726. The molecule has 3 unspecified atom stereocenters. The van der Waals surface area contributed by atoms with E-state index in [2.05, 4.69) is 24.3 Å². The maximum absolute atomic E-state index is 6.24. The molecule has 1 aromatic carbocycles. The van der Waals surface area contributed by atoms with Crippen molar-refractivity contribution >= 4 is 11.6 Å². The van der Waals surface area contributed by atoms with Crippen LogP contribution < -0.4 is 0 Å². The first-order chi connectivity index (χ1) is 5.86. The van der Waals surface area contributed by atoms with Crippen molar-refractivity contribution in [2.75, 3.05) is 0 Å². The van der Waals surface area contributed by atoms with Gasteiger partial charge in [0.25, 0.3) is 0 Å². The van der Waals surface area contributed by atoms with Crippen molar-refractivity contribution in [1.82, 2.24) is 0 Å². The summed E-state index contributed by atoms with van der Waals surface area (Å²) in [7, 11) is 0. The molecule has 1 fully saturated rings. The second-order valence-corrected chi connectivity index (χ2v) is 4.48. The maximum atomic E-state index is 6.24. The summed E-state index contributed by atoms with van der Waals surface area (Å²) < 4.78 is 0. The van der Waals surface area contributed by atoms with Crippen molar-refractivity contribution in [2.24, 2.45) is 0 Å². The molecule has 1 heteroatoms. The molecule has 3 atom stereocenters. The number of rotatable bonds is 0. The van der Waals surface area contributed by atoms with Crippen molar-refractivity contribution in [1.29, 1.82) is 0 Å². The largest absolute Gasteiger partial charge is 0.122 e. The highest BCUT2D eigenvalue weighted by Crippen LogP contribution is 2.54. The van der Waals surface area contributed by atoms with E-state index in [4.69, 9.17) is 11.6 Å². The SMILES string of the molecule is ClC1CC2CC1c1ccccc12. The number of hydrogen-bond donors (Lipinski definition) is 0. The van der Waals surface area contributed by atoms with Crippen LogP contribution in [-0.4, -0.2) is 5.38 Å². The Balaban J connectivity index is 2.17. The molecule has 0 spiro atoms. The predicted molar refractivity (Wildman–Crippen MR) is 50.8 cm³/mol. The van der Waals surface area contributed by atoms with Gasteiger partial charge in [0.05, 0.1) is 0 Å². The number of alkyl halides is 1. The van der Waals surface area contributed by atoms with E-state index in [1.165, 1.54) is 18.4 Å². The zero-order chi connectivity index (χ0) is 8.13. The average Bonchev–Trinajstić information content (AvgIpc) is 2.62. The summed E-state index contributed by atoms with van der Waals surface area (Å²) in [6.45, 7) is 0. The third-order valence-electron chi connectivity index (χ3n) is 3.32. The van der Waals surface area contributed by atoms with Gasteiger partial charge in [0.2, 0.25) is 0 Å². The lowest BCUT2D eigenvalue weighted by Gasteiger charge is -2.18. The molecule has 0 N–H and O–H groups in total. The summed E-state index contributed by atoms with van der Waals surface area (Å²) in [4.78, 5) is 0. The van der Waals surface area contributed by atoms with Gasteiger partial charge in [-0.2, -0.15) is 0 Å². The highest BCUT2D eigenvalue weighted by atomic mass is 35.5. The fourth-order valence-electron chi connectivity index (χ4n) is 2.78. The second kappa shape index (κ2) is 2.26. The Labute approximate surface area is 77.5 Å². The van der Waals surface area contributed by atoms with Gasteiger partial charge in [-0.3, -0.25) is 0 Å². The van der Waals surface area contributed by atoms with E-state index in [0.717, 1.165) is 5.92 Å². The van der Waals surface area contributed by atoms with Crippen LogP contribution in [0.1, 0.15) is 35.8 Å². The molecule has 2 aliphatic rings. The Morgan fingerprint density at radius 1 is 1.08 bits per heavy atom. The molecule has 2 bridgehead atoms. The topological polar surface area (TPSA) is 0 Å². The van der Waals surface area contributed by atoms with Gasteiger partial charge in [-0.25, -0.2) is 0 Å². The van der Waals surface area contributed by atoms with Crippen molar-refractivity contribution in [3.63, 3.8) is 0 Å². The maximum Gasteiger partial charge on any atom is 0.0410 e. The van der Waals surface area contributed by atoms with Crippen LogP contribution in [0.2, 0.25) is 0 Å². The van der Waals surface area contributed by atoms with Gasteiger partial charge in [0, 0.05) is 11.3 Å². The van der Waals surface area contributed by atoms with Crippen LogP contribution in [0.5, 0.6) is 0 Å². The number of halogens is 1. The monoisotopic (exact) mass is 178 g/mol. The average molecular weight is 179 g/mol. The van der Waals surface area contributed by atoms with E-state index in [0.29, 0.717) is 11.3 Å². The van der Waals surface area contributed by atoms with Crippen molar-refractivity contribution < 1.29 is 0 Å². The molecule has 3 rings (SSSR count). The zero-order valence-electron chi connectivity index (χ0n) is 6.83. The number of benzene rings is 1. The van der Waals surface area contributed by atoms with E-state index in [9.17, 15) is 0 Å². The molecule has 62 valence electrons. The lowest BCUT2D eigenvalue weighted by atomic mass is 9.92. The van der Waals surface area contributed by atoms with E-state index in [-0.39, 0.29) is 0 Å². The molecule has 0 saturated heterocycles. The molecule has 0 radical (unpaired) electrons. The van der Waals surface area contributed by atoms with Crippen LogP contribution in [0.15, 0.2) is 24.3 Å². The third-order valence-corrected chi connectivity index (χ3v) is 3.80. The van der Waals surface area contributed by atoms with Gasteiger partial charge < -0.3 is 0 Å². The molecular weight excluding hydrogens is 168 g/mol. The van der Waals surface area contributed by atoms with Crippen LogP contribution in [0.4, 0.5) is 0 Å². The quantitative estimate of drug-likeness (QED) is 0.535. The first-order valence-corrected chi connectivity index (χ1v) is 5.03. The molecule has 12 heavy (non-hydrogen) atoms. The minimum atomic E-state index is 0.407. The van der Waals surface area contributed by atoms with Gasteiger partial charge in [0.1, 0.15) is 0 Å². The van der Waals surface area contributed by atoms with Crippen LogP contribution >= 0.6 is 11.6 Å². The molecular formula is C11H11Cl.